The van der Waals surface area contributed by atoms with E-state index in [2.05, 4.69) is 0 Å². The topological polar surface area (TPSA) is 151 Å². The fourth-order valence-electron chi connectivity index (χ4n) is 6.02. The molecule has 63 heavy (non-hydrogen) atoms. The maximum absolute atomic E-state index is 14.9. The monoisotopic (exact) mass is 976 g/mol. The molecule has 3 aromatic carbocycles. The fraction of sp³-hybridized carbons (Fsp3) is 0.250. The van der Waals surface area contributed by atoms with Crippen molar-refractivity contribution >= 4 is 84.8 Å². The molecular weight excluding hydrogens is 951 g/mol. The Morgan fingerprint density at radius 2 is 0.857 bits per heavy atom. The van der Waals surface area contributed by atoms with Gasteiger partial charge in [0, 0.05) is 42.9 Å². The second-order valence-corrected chi connectivity index (χ2v) is 16.5. The van der Waals surface area contributed by atoms with E-state index in [0.29, 0.717) is 24.3 Å². The standard InChI is InChI=1S/C36H26F10N4O9S4/c1-5-47-13-16(32(51)48(6-2)35(47)60)9-14-11-19(59-63(56,57)31-28(45)24(41)21(38)25(42)29(31)46)15(10-17-33(52)49(7-3)36(61)50(8-4)34(17)53)12-18(14)58-62(54,55)30-26(43)22(39)20(37)23(40)27(30)44/h9-12H,5-8,13H2,1-4H3. The summed E-state index contributed by atoms with van der Waals surface area (Å²) >= 11 is 10.5. The second-order valence-electron chi connectivity index (χ2n) is 12.8. The van der Waals surface area contributed by atoms with Gasteiger partial charge in [-0.05, 0) is 76.4 Å². The van der Waals surface area contributed by atoms with E-state index in [0.717, 1.165) is 14.7 Å². The lowest BCUT2D eigenvalue weighted by atomic mass is 10.0. The molecule has 27 heteroatoms. The molecule has 2 aliphatic heterocycles. The molecule has 2 saturated heterocycles. The van der Waals surface area contributed by atoms with Crippen molar-refractivity contribution in [3.8, 4) is 11.5 Å². The Labute approximate surface area is 361 Å². The summed E-state index contributed by atoms with van der Waals surface area (Å²) in [4.78, 5) is 39.7. The first-order valence-electron chi connectivity index (χ1n) is 17.6. The molecule has 2 aliphatic rings. The number of carbonyl (C=O) groups excluding carboxylic acids is 3. The van der Waals surface area contributed by atoms with Gasteiger partial charge in [-0.25, -0.2) is 43.9 Å². The number of halogens is 10. The second kappa shape index (κ2) is 17.8. The molecule has 0 bridgehead atoms. The number of benzene rings is 3. The largest absolute Gasteiger partial charge is 0.378 e. The SMILES string of the molecule is CCN1CC(=Cc2cc(OS(=O)(=O)c3c(F)c(F)c(F)c(F)c3F)c(C=C3C(=O)N(CC)C(=S)N(CC)C3=O)cc2OS(=O)(=O)c2c(F)c(F)c(F)c(F)c2F)C(=O)N(CC)C1=S. The van der Waals surface area contributed by atoms with Crippen molar-refractivity contribution in [1.29, 1.82) is 0 Å². The van der Waals surface area contributed by atoms with E-state index in [1.165, 1.54) is 25.7 Å². The molecule has 0 spiro atoms. The van der Waals surface area contributed by atoms with Gasteiger partial charge in [0.1, 0.15) is 5.57 Å². The van der Waals surface area contributed by atoms with Crippen molar-refractivity contribution in [2.75, 3.05) is 32.7 Å². The van der Waals surface area contributed by atoms with E-state index >= 15 is 0 Å². The summed E-state index contributed by atoms with van der Waals surface area (Å²) < 4.78 is 209. The normalized spacial score (nSPS) is 15.9. The summed E-state index contributed by atoms with van der Waals surface area (Å²) in [6.45, 7) is 4.98. The Bertz CT molecular complexity index is 2760. The molecule has 0 aliphatic carbocycles. The van der Waals surface area contributed by atoms with E-state index < -0.39 is 141 Å². The molecular formula is C36H26F10N4O9S4. The number of amides is 3. The molecule has 0 atom stereocenters. The van der Waals surface area contributed by atoms with Gasteiger partial charge in [-0.15, -0.1) is 0 Å². The number of likely N-dealkylation sites (N-methyl/N-ethyl adjacent to an activating group) is 4. The maximum atomic E-state index is 14.9. The van der Waals surface area contributed by atoms with Crippen molar-refractivity contribution in [1.82, 2.24) is 19.6 Å². The molecule has 5 rings (SSSR count). The minimum absolute atomic E-state index is 0.0176. The van der Waals surface area contributed by atoms with Gasteiger partial charge in [-0.2, -0.15) is 16.8 Å². The molecule has 0 saturated carbocycles. The van der Waals surface area contributed by atoms with Crippen LogP contribution in [0, 0.1) is 58.2 Å². The van der Waals surface area contributed by atoms with Gasteiger partial charge in [0.25, 0.3) is 17.7 Å². The van der Waals surface area contributed by atoms with E-state index in [-0.39, 0.29) is 42.0 Å². The molecule has 338 valence electrons. The van der Waals surface area contributed by atoms with Crippen molar-refractivity contribution < 1.29 is 83.5 Å². The lowest BCUT2D eigenvalue weighted by Crippen LogP contribution is -2.55. The van der Waals surface area contributed by atoms with E-state index in [1.807, 2.05) is 0 Å². The predicted molar refractivity (Wildman–Crippen MR) is 205 cm³/mol. The highest BCUT2D eigenvalue weighted by atomic mass is 32.2. The lowest BCUT2D eigenvalue weighted by Gasteiger charge is -2.37. The van der Waals surface area contributed by atoms with Gasteiger partial charge in [0.2, 0.25) is 11.6 Å². The highest BCUT2D eigenvalue weighted by Crippen LogP contribution is 2.39. The predicted octanol–water partition coefficient (Wildman–Crippen LogP) is 5.84. The van der Waals surface area contributed by atoms with Crippen LogP contribution in [0.4, 0.5) is 43.9 Å². The van der Waals surface area contributed by atoms with Gasteiger partial charge in [0.15, 0.2) is 78.1 Å². The number of hydrogen-bond acceptors (Lipinski definition) is 11. The van der Waals surface area contributed by atoms with E-state index in [4.69, 9.17) is 32.8 Å². The zero-order valence-electron chi connectivity index (χ0n) is 32.2. The third-order valence-electron chi connectivity index (χ3n) is 9.14. The third kappa shape index (κ3) is 8.44. The van der Waals surface area contributed by atoms with Crippen LogP contribution in [-0.4, -0.2) is 97.1 Å². The summed E-state index contributed by atoms with van der Waals surface area (Å²) in [7, 11) is -12.6. The number of carbonyl (C=O) groups is 3. The summed E-state index contributed by atoms with van der Waals surface area (Å²) in [6, 6.07) is 0.649. The quantitative estimate of drug-likeness (QED) is 0.0408. The summed E-state index contributed by atoms with van der Waals surface area (Å²) in [6.07, 6.45) is 1.15. The summed E-state index contributed by atoms with van der Waals surface area (Å²) in [5, 5.41) is -0.354. The van der Waals surface area contributed by atoms with Crippen LogP contribution in [0.15, 0.2) is 33.1 Å². The number of hydrogen-bond donors (Lipinski definition) is 0. The first kappa shape index (κ1) is 48.4. The summed E-state index contributed by atoms with van der Waals surface area (Å²) in [5.41, 5.74) is -3.36. The minimum atomic E-state index is -6.31. The number of rotatable bonds is 12. The van der Waals surface area contributed by atoms with Gasteiger partial charge in [-0.1, -0.05) is 0 Å². The van der Waals surface area contributed by atoms with Crippen LogP contribution in [0.5, 0.6) is 11.5 Å². The zero-order valence-corrected chi connectivity index (χ0v) is 35.5. The Kier molecular flexibility index (Phi) is 13.7. The molecule has 3 amide bonds. The van der Waals surface area contributed by atoms with Crippen molar-refractivity contribution in [3.63, 3.8) is 0 Å². The van der Waals surface area contributed by atoms with Crippen LogP contribution in [0.1, 0.15) is 38.8 Å². The molecule has 0 unspecified atom stereocenters. The van der Waals surface area contributed by atoms with Crippen molar-refractivity contribution in [3.05, 3.63) is 92.6 Å². The highest BCUT2D eigenvalue weighted by Gasteiger charge is 2.41. The van der Waals surface area contributed by atoms with Gasteiger partial charge < -0.3 is 13.3 Å². The van der Waals surface area contributed by atoms with Crippen LogP contribution in [0.25, 0.3) is 12.2 Å². The van der Waals surface area contributed by atoms with Crippen molar-refractivity contribution in [2.45, 2.75) is 37.5 Å². The van der Waals surface area contributed by atoms with Gasteiger partial charge >= 0.3 is 20.2 Å². The first-order chi connectivity index (χ1) is 29.3. The average Bonchev–Trinajstić information content (AvgIpc) is 3.21. The van der Waals surface area contributed by atoms with Gasteiger partial charge in [-0.3, -0.25) is 29.1 Å². The van der Waals surface area contributed by atoms with E-state index in [9.17, 15) is 75.1 Å². The van der Waals surface area contributed by atoms with Crippen LogP contribution in [0.2, 0.25) is 0 Å². The highest BCUT2D eigenvalue weighted by molar-refractivity contribution is 7.87. The fourth-order valence-corrected chi connectivity index (χ4v) is 9.02. The number of thiocarbonyl (C=S) groups is 2. The molecule has 0 aromatic heterocycles. The summed E-state index contributed by atoms with van der Waals surface area (Å²) in [5.74, 6) is -34.4. The maximum Gasteiger partial charge on any atom is 0.345 e. The molecule has 0 radical (unpaired) electrons. The Balaban J connectivity index is 1.91. The molecule has 0 N–H and O–H groups in total. The molecule has 13 nitrogen and oxygen atoms in total. The average molecular weight is 977 g/mol. The molecule has 2 fully saturated rings. The third-order valence-corrected chi connectivity index (χ3v) is 12.6. The smallest absolute Gasteiger partial charge is 0.345 e. The Morgan fingerprint density at radius 3 is 1.21 bits per heavy atom. The van der Waals surface area contributed by atoms with E-state index in [1.54, 1.807) is 6.92 Å². The zero-order chi connectivity index (χ0) is 47.4. The lowest BCUT2D eigenvalue weighted by molar-refractivity contribution is -0.133. The van der Waals surface area contributed by atoms with Crippen molar-refractivity contribution in [2.24, 2.45) is 0 Å². The Hall–Kier alpha value is -5.67. The minimum Gasteiger partial charge on any atom is -0.378 e. The molecule has 2 heterocycles. The first-order valence-corrected chi connectivity index (χ1v) is 21.2. The number of nitrogens with zero attached hydrogens (tertiary/aromatic N) is 4. The molecule has 3 aromatic rings. The van der Waals surface area contributed by atoms with Crippen LogP contribution < -0.4 is 8.37 Å². The van der Waals surface area contributed by atoms with Crippen LogP contribution >= 0.6 is 24.4 Å². The van der Waals surface area contributed by atoms with Crippen LogP contribution in [-0.2, 0) is 34.6 Å². The van der Waals surface area contributed by atoms with Crippen LogP contribution in [0.3, 0.4) is 0 Å². The Morgan fingerprint density at radius 1 is 0.524 bits per heavy atom. The van der Waals surface area contributed by atoms with Gasteiger partial charge in [0.05, 0.1) is 6.54 Å².